The van der Waals surface area contributed by atoms with Gasteiger partial charge in [-0.3, -0.25) is 4.79 Å². The minimum Gasteiger partial charge on any atom is -0.427 e. The fraction of sp³-hybridized carbons (Fsp3) is 0.571. The number of rotatable bonds is 8. The SMILES string of the molecule is CCCCC(CCC(=O)Oc1ccccc1)C1=CCC(C)CC1. The Balaban J connectivity index is 1.86. The van der Waals surface area contributed by atoms with Gasteiger partial charge in [0.2, 0.25) is 0 Å². The molecule has 1 aliphatic carbocycles. The summed E-state index contributed by atoms with van der Waals surface area (Å²) in [6.07, 6.45) is 11.2. The lowest BCUT2D eigenvalue weighted by Crippen LogP contribution is -2.14. The third kappa shape index (κ3) is 6.21. The molecule has 126 valence electrons. The first kappa shape index (κ1) is 17.8. The molecule has 0 saturated carbocycles. The minimum absolute atomic E-state index is 0.109. The van der Waals surface area contributed by atoms with E-state index in [4.69, 9.17) is 4.74 Å². The summed E-state index contributed by atoms with van der Waals surface area (Å²) in [5, 5.41) is 0. The molecule has 0 aliphatic heterocycles. The quantitative estimate of drug-likeness (QED) is 0.338. The van der Waals surface area contributed by atoms with Gasteiger partial charge in [-0.25, -0.2) is 0 Å². The van der Waals surface area contributed by atoms with Crippen LogP contribution in [0.2, 0.25) is 0 Å². The van der Waals surface area contributed by atoms with Crippen molar-refractivity contribution in [1.82, 2.24) is 0 Å². The highest BCUT2D eigenvalue weighted by Crippen LogP contribution is 2.33. The van der Waals surface area contributed by atoms with E-state index in [9.17, 15) is 4.79 Å². The van der Waals surface area contributed by atoms with E-state index < -0.39 is 0 Å². The minimum atomic E-state index is -0.109. The zero-order valence-corrected chi connectivity index (χ0v) is 14.6. The smallest absolute Gasteiger partial charge is 0.311 e. The number of unbranched alkanes of at least 4 members (excludes halogenated alkanes) is 1. The lowest BCUT2D eigenvalue weighted by Gasteiger charge is -2.25. The van der Waals surface area contributed by atoms with Gasteiger partial charge in [-0.2, -0.15) is 0 Å². The van der Waals surface area contributed by atoms with E-state index in [1.54, 1.807) is 5.57 Å². The second-order valence-corrected chi connectivity index (χ2v) is 6.82. The molecule has 0 spiro atoms. The zero-order chi connectivity index (χ0) is 16.5. The topological polar surface area (TPSA) is 26.3 Å². The van der Waals surface area contributed by atoms with Crippen LogP contribution in [0.5, 0.6) is 5.75 Å². The van der Waals surface area contributed by atoms with Crippen LogP contribution in [0.15, 0.2) is 42.0 Å². The zero-order valence-electron chi connectivity index (χ0n) is 14.6. The Hall–Kier alpha value is -1.57. The molecule has 23 heavy (non-hydrogen) atoms. The van der Waals surface area contributed by atoms with E-state index >= 15 is 0 Å². The van der Waals surface area contributed by atoms with Gasteiger partial charge in [0.15, 0.2) is 0 Å². The normalized spacial score (nSPS) is 19.0. The predicted molar refractivity (Wildman–Crippen MR) is 95.4 cm³/mol. The molecule has 0 aromatic heterocycles. The summed E-state index contributed by atoms with van der Waals surface area (Å²) in [5.74, 6) is 1.91. The molecule has 0 bridgehead atoms. The van der Waals surface area contributed by atoms with Crippen molar-refractivity contribution in [3.05, 3.63) is 42.0 Å². The van der Waals surface area contributed by atoms with Crippen LogP contribution in [-0.4, -0.2) is 5.97 Å². The molecule has 2 unspecified atom stereocenters. The number of benzene rings is 1. The lowest BCUT2D eigenvalue weighted by molar-refractivity contribution is -0.134. The average molecular weight is 314 g/mol. The van der Waals surface area contributed by atoms with Gasteiger partial charge in [-0.05, 0) is 56.1 Å². The van der Waals surface area contributed by atoms with Gasteiger partial charge in [-0.1, -0.05) is 56.5 Å². The highest BCUT2D eigenvalue weighted by Gasteiger charge is 2.20. The van der Waals surface area contributed by atoms with Gasteiger partial charge in [0, 0.05) is 6.42 Å². The summed E-state index contributed by atoms with van der Waals surface area (Å²) in [4.78, 5) is 12.1. The lowest BCUT2D eigenvalue weighted by atomic mass is 9.80. The summed E-state index contributed by atoms with van der Waals surface area (Å²) in [5.41, 5.74) is 1.59. The number of para-hydroxylation sites is 1. The molecule has 1 aromatic carbocycles. The van der Waals surface area contributed by atoms with E-state index in [1.807, 2.05) is 30.3 Å². The van der Waals surface area contributed by atoms with E-state index in [0.717, 1.165) is 12.3 Å². The predicted octanol–water partition coefficient (Wildman–Crippen LogP) is 5.93. The van der Waals surface area contributed by atoms with Gasteiger partial charge in [0.25, 0.3) is 0 Å². The number of hydrogen-bond donors (Lipinski definition) is 0. The van der Waals surface area contributed by atoms with Crippen LogP contribution < -0.4 is 4.74 Å². The standard InChI is InChI=1S/C21H30O2/c1-3-4-8-18(19-13-11-17(2)12-14-19)15-16-21(22)23-20-9-6-5-7-10-20/h5-7,9-10,13,17-18H,3-4,8,11-12,14-16H2,1-2H3. The highest BCUT2D eigenvalue weighted by molar-refractivity contribution is 5.72. The van der Waals surface area contributed by atoms with Crippen molar-refractivity contribution < 1.29 is 9.53 Å². The summed E-state index contributed by atoms with van der Waals surface area (Å²) in [6, 6.07) is 9.37. The molecule has 0 saturated heterocycles. The van der Waals surface area contributed by atoms with Gasteiger partial charge >= 0.3 is 5.97 Å². The van der Waals surface area contributed by atoms with Gasteiger partial charge in [-0.15, -0.1) is 0 Å². The Morgan fingerprint density at radius 2 is 2.04 bits per heavy atom. The molecule has 2 nitrogen and oxygen atoms in total. The molecule has 0 radical (unpaired) electrons. The first-order valence-corrected chi connectivity index (χ1v) is 9.13. The second kappa shape index (κ2) is 9.54. The van der Waals surface area contributed by atoms with Gasteiger partial charge < -0.3 is 4.74 Å². The summed E-state index contributed by atoms with van der Waals surface area (Å²) in [7, 11) is 0. The maximum absolute atomic E-state index is 12.1. The van der Waals surface area contributed by atoms with Crippen LogP contribution in [0.25, 0.3) is 0 Å². The number of carbonyl (C=O) groups excluding carboxylic acids is 1. The van der Waals surface area contributed by atoms with E-state index in [-0.39, 0.29) is 5.97 Å². The van der Waals surface area contributed by atoms with Crippen LogP contribution in [0.1, 0.15) is 65.2 Å². The molecule has 2 heteroatoms. The van der Waals surface area contributed by atoms with Crippen LogP contribution in [0, 0.1) is 11.8 Å². The number of esters is 1. The van der Waals surface area contributed by atoms with Gasteiger partial charge in [0.05, 0.1) is 0 Å². The Morgan fingerprint density at radius 3 is 2.70 bits per heavy atom. The number of allylic oxidation sites excluding steroid dienone is 2. The van der Waals surface area contributed by atoms with Crippen molar-refractivity contribution in [2.45, 2.75) is 65.2 Å². The molecule has 0 amide bonds. The molecule has 1 aromatic rings. The summed E-state index contributed by atoms with van der Waals surface area (Å²) in [6.45, 7) is 4.56. The first-order valence-electron chi connectivity index (χ1n) is 9.13. The molecule has 0 heterocycles. The average Bonchev–Trinajstić information content (AvgIpc) is 2.57. The van der Waals surface area contributed by atoms with E-state index in [2.05, 4.69) is 19.9 Å². The Kier molecular flexibility index (Phi) is 7.38. The Morgan fingerprint density at radius 1 is 1.26 bits per heavy atom. The van der Waals surface area contributed by atoms with Crippen molar-refractivity contribution >= 4 is 5.97 Å². The fourth-order valence-electron chi connectivity index (χ4n) is 3.29. The number of carbonyl (C=O) groups is 1. The van der Waals surface area contributed by atoms with E-state index in [1.165, 1.54) is 38.5 Å². The van der Waals surface area contributed by atoms with Gasteiger partial charge in [0.1, 0.15) is 5.75 Å². The fourth-order valence-corrected chi connectivity index (χ4v) is 3.29. The van der Waals surface area contributed by atoms with Crippen molar-refractivity contribution in [2.75, 3.05) is 0 Å². The Bertz CT molecular complexity index is 504. The van der Waals surface area contributed by atoms with E-state index in [0.29, 0.717) is 18.1 Å². The highest BCUT2D eigenvalue weighted by atomic mass is 16.5. The third-order valence-corrected chi connectivity index (χ3v) is 4.81. The maximum atomic E-state index is 12.1. The first-order chi connectivity index (χ1) is 11.2. The maximum Gasteiger partial charge on any atom is 0.311 e. The largest absolute Gasteiger partial charge is 0.427 e. The van der Waals surface area contributed by atoms with Crippen molar-refractivity contribution in [1.29, 1.82) is 0 Å². The molecule has 2 rings (SSSR count). The molecule has 2 atom stereocenters. The van der Waals surface area contributed by atoms with Crippen LogP contribution in [-0.2, 0) is 4.79 Å². The Labute approximate surface area is 140 Å². The molecular weight excluding hydrogens is 284 g/mol. The molecular formula is C21H30O2. The monoisotopic (exact) mass is 314 g/mol. The summed E-state index contributed by atoms with van der Waals surface area (Å²) >= 11 is 0. The second-order valence-electron chi connectivity index (χ2n) is 6.82. The number of hydrogen-bond acceptors (Lipinski definition) is 2. The van der Waals surface area contributed by atoms with Crippen LogP contribution in [0.4, 0.5) is 0 Å². The van der Waals surface area contributed by atoms with Crippen LogP contribution in [0.3, 0.4) is 0 Å². The molecule has 1 aliphatic rings. The van der Waals surface area contributed by atoms with Crippen molar-refractivity contribution in [3.63, 3.8) is 0 Å². The molecule has 0 fully saturated rings. The van der Waals surface area contributed by atoms with Crippen molar-refractivity contribution in [2.24, 2.45) is 11.8 Å². The van der Waals surface area contributed by atoms with Crippen LogP contribution >= 0.6 is 0 Å². The number of ether oxygens (including phenoxy) is 1. The summed E-state index contributed by atoms with van der Waals surface area (Å²) < 4.78 is 5.42. The molecule has 0 N–H and O–H groups in total. The van der Waals surface area contributed by atoms with Crippen molar-refractivity contribution in [3.8, 4) is 5.75 Å². The third-order valence-electron chi connectivity index (χ3n) is 4.81.